The first-order valence-corrected chi connectivity index (χ1v) is 8.66. The summed E-state index contributed by atoms with van der Waals surface area (Å²) in [5.41, 5.74) is 1.13. The Labute approximate surface area is 148 Å². The summed E-state index contributed by atoms with van der Waals surface area (Å²) in [4.78, 5) is 26.9. The molecule has 1 aromatic carbocycles. The maximum absolute atomic E-state index is 12.6. The molecule has 1 aliphatic heterocycles. The Morgan fingerprint density at radius 1 is 1.32 bits per heavy atom. The third kappa shape index (κ3) is 4.13. The number of anilines is 2. The van der Waals surface area contributed by atoms with Crippen molar-refractivity contribution in [2.45, 2.75) is 51.3 Å². The lowest BCUT2D eigenvalue weighted by Gasteiger charge is -2.32. The fraction of sp³-hybridized carbons (Fsp3) is 0.474. The van der Waals surface area contributed by atoms with E-state index in [2.05, 4.69) is 27.7 Å². The summed E-state index contributed by atoms with van der Waals surface area (Å²) in [6.45, 7) is 5.79. The van der Waals surface area contributed by atoms with Crippen LogP contribution in [0.2, 0.25) is 0 Å². The van der Waals surface area contributed by atoms with Gasteiger partial charge >= 0.3 is 6.09 Å². The smallest absolute Gasteiger partial charge is 0.408 e. The highest BCUT2D eigenvalue weighted by Crippen LogP contribution is 2.32. The number of hydrogen-bond donors (Lipinski definition) is 2. The van der Waals surface area contributed by atoms with Crippen LogP contribution < -0.4 is 15.5 Å². The molecule has 6 nitrogen and oxygen atoms in total. The van der Waals surface area contributed by atoms with Crippen molar-refractivity contribution < 1.29 is 14.3 Å². The SMILES string of the molecule is CC(C)(C)OC(=O)NC1CN(C2C=CCC2)c2ccccc2NC1=O. The molecule has 2 atom stereocenters. The minimum absolute atomic E-state index is 0.219. The highest BCUT2D eigenvalue weighted by molar-refractivity contribution is 6.01. The summed E-state index contributed by atoms with van der Waals surface area (Å²) in [5.74, 6) is -0.234. The number of carbonyl (C=O) groups excluding carboxylic acids is 2. The van der Waals surface area contributed by atoms with Crippen LogP contribution in [0.4, 0.5) is 16.2 Å². The Hall–Kier alpha value is -2.50. The standard InChI is InChI=1S/C19H25N3O3/c1-19(2,3)25-18(24)21-15-12-22(13-8-4-5-9-13)16-11-7-6-10-14(16)20-17(15)23/h4,6-8,10-11,13,15H,5,9,12H2,1-3H3,(H,20,23)(H,21,24). The number of nitrogens with one attached hydrogen (secondary N) is 2. The number of fused-ring (bicyclic) bond motifs is 1. The first-order valence-electron chi connectivity index (χ1n) is 8.66. The molecule has 1 heterocycles. The molecular weight excluding hydrogens is 318 g/mol. The lowest BCUT2D eigenvalue weighted by atomic mass is 10.1. The van der Waals surface area contributed by atoms with Crippen molar-refractivity contribution in [2.24, 2.45) is 0 Å². The number of ether oxygens (including phenoxy) is 1. The van der Waals surface area contributed by atoms with Gasteiger partial charge in [-0.05, 0) is 45.7 Å². The van der Waals surface area contributed by atoms with Gasteiger partial charge in [0.25, 0.3) is 0 Å². The van der Waals surface area contributed by atoms with Crippen LogP contribution in [0.15, 0.2) is 36.4 Å². The zero-order chi connectivity index (χ0) is 18.0. The van der Waals surface area contributed by atoms with E-state index in [1.807, 2.05) is 24.3 Å². The van der Waals surface area contributed by atoms with Crippen molar-refractivity contribution in [1.29, 1.82) is 0 Å². The largest absolute Gasteiger partial charge is 0.444 e. The van der Waals surface area contributed by atoms with Gasteiger partial charge in [0.15, 0.2) is 0 Å². The third-order valence-corrected chi connectivity index (χ3v) is 4.25. The molecule has 1 aromatic rings. The second-order valence-corrected chi connectivity index (χ2v) is 7.43. The number of carbonyl (C=O) groups is 2. The maximum Gasteiger partial charge on any atom is 0.408 e. The van der Waals surface area contributed by atoms with Gasteiger partial charge in [0, 0.05) is 12.6 Å². The van der Waals surface area contributed by atoms with Gasteiger partial charge in [-0.1, -0.05) is 24.3 Å². The second-order valence-electron chi connectivity index (χ2n) is 7.43. The van der Waals surface area contributed by atoms with E-state index in [9.17, 15) is 9.59 Å². The van der Waals surface area contributed by atoms with Gasteiger partial charge in [0.2, 0.25) is 5.91 Å². The molecule has 2 unspecified atom stereocenters. The third-order valence-electron chi connectivity index (χ3n) is 4.25. The average Bonchev–Trinajstić information content (AvgIpc) is 3.00. The summed E-state index contributed by atoms with van der Waals surface area (Å²) in [6.07, 6.45) is 5.76. The van der Waals surface area contributed by atoms with Crippen molar-refractivity contribution >= 4 is 23.4 Å². The first kappa shape index (κ1) is 17.3. The minimum Gasteiger partial charge on any atom is -0.444 e. The fourth-order valence-corrected chi connectivity index (χ4v) is 3.18. The Morgan fingerprint density at radius 2 is 2.08 bits per heavy atom. The second kappa shape index (κ2) is 6.78. The number of para-hydroxylation sites is 2. The predicted octanol–water partition coefficient (Wildman–Crippen LogP) is 3.06. The minimum atomic E-state index is -0.684. The van der Waals surface area contributed by atoms with Crippen molar-refractivity contribution in [2.75, 3.05) is 16.8 Å². The highest BCUT2D eigenvalue weighted by Gasteiger charge is 2.33. The number of rotatable bonds is 2. The number of hydrogen-bond acceptors (Lipinski definition) is 4. The van der Waals surface area contributed by atoms with Gasteiger partial charge in [-0.15, -0.1) is 0 Å². The normalized spacial score (nSPS) is 22.8. The molecule has 2 N–H and O–H groups in total. The number of nitrogens with zero attached hydrogens (tertiary/aromatic N) is 1. The zero-order valence-corrected chi connectivity index (χ0v) is 14.9. The van der Waals surface area contributed by atoms with Crippen molar-refractivity contribution in [3.63, 3.8) is 0 Å². The van der Waals surface area contributed by atoms with E-state index < -0.39 is 17.7 Å². The van der Waals surface area contributed by atoms with Crippen LogP contribution in [-0.4, -0.2) is 36.2 Å². The first-order chi connectivity index (χ1) is 11.8. The van der Waals surface area contributed by atoms with E-state index in [0.717, 1.165) is 24.2 Å². The van der Waals surface area contributed by atoms with Gasteiger partial charge in [0.1, 0.15) is 11.6 Å². The molecule has 0 aromatic heterocycles. The molecule has 3 rings (SSSR count). The lowest BCUT2D eigenvalue weighted by Crippen LogP contribution is -2.51. The van der Waals surface area contributed by atoms with Gasteiger partial charge < -0.3 is 20.3 Å². The van der Waals surface area contributed by atoms with E-state index >= 15 is 0 Å². The van der Waals surface area contributed by atoms with E-state index in [-0.39, 0.29) is 11.9 Å². The topological polar surface area (TPSA) is 70.7 Å². The molecule has 0 spiro atoms. The van der Waals surface area contributed by atoms with Crippen LogP contribution >= 0.6 is 0 Å². The summed E-state index contributed by atoms with van der Waals surface area (Å²) in [5, 5.41) is 5.63. The summed E-state index contributed by atoms with van der Waals surface area (Å²) in [7, 11) is 0. The Balaban J connectivity index is 1.83. The fourth-order valence-electron chi connectivity index (χ4n) is 3.18. The predicted molar refractivity (Wildman–Crippen MR) is 97.7 cm³/mol. The maximum atomic E-state index is 12.6. The van der Waals surface area contributed by atoms with Gasteiger partial charge in [-0.3, -0.25) is 4.79 Å². The van der Waals surface area contributed by atoms with E-state index in [4.69, 9.17) is 4.74 Å². The summed E-state index contributed by atoms with van der Waals surface area (Å²) >= 11 is 0. The molecule has 2 aliphatic rings. The van der Waals surface area contributed by atoms with Gasteiger partial charge in [-0.2, -0.15) is 0 Å². The van der Waals surface area contributed by atoms with Crippen LogP contribution in [0.1, 0.15) is 33.6 Å². The van der Waals surface area contributed by atoms with Crippen molar-refractivity contribution in [1.82, 2.24) is 5.32 Å². The zero-order valence-electron chi connectivity index (χ0n) is 14.9. The number of alkyl carbamates (subject to hydrolysis) is 1. The van der Waals surface area contributed by atoms with Crippen LogP contribution in [0.5, 0.6) is 0 Å². The number of allylic oxidation sites excluding steroid dienone is 1. The molecule has 0 saturated heterocycles. The van der Waals surface area contributed by atoms with Crippen LogP contribution in [0.3, 0.4) is 0 Å². The quantitative estimate of drug-likeness (QED) is 0.810. The van der Waals surface area contributed by atoms with Crippen LogP contribution in [-0.2, 0) is 9.53 Å². The lowest BCUT2D eigenvalue weighted by molar-refractivity contribution is -0.117. The molecule has 0 bridgehead atoms. The van der Waals surface area contributed by atoms with E-state index in [0.29, 0.717) is 6.54 Å². The molecule has 0 fully saturated rings. The number of benzene rings is 1. The van der Waals surface area contributed by atoms with Crippen LogP contribution in [0.25, 0.3) is 0 Å². The van der Waals surface area contributed by atoms with E-state index in [1.165, 1.54) is 0 Å². The number of amides is 2. The molecule has 0 saturated carbocycles. The van der Waals surface area contributed by atoms with E-state index in [1.54, 1.807) is 20.8 Å². The van der Waals surface area contributed by atoms with Crippen LogP contribution in [0, 0.1) is 0 Å². The van der Waals surface area contributed by atoms with Gasteiger partial charge in [0.05, 0.1) is 11.4 Å². The molecule has 25 heavy (non-hydrogen) atoms. The molecule has 0 radical (unpaired) electrons. The Morgan fingerprint density at radius 3 is 2.76 bits per heavy atom. The molecule has 2 amide bonds. The Kier molecular flexibility index (Phi) is 4.70. The average molecular weight is 343 g/mol. The van der Waals surface area contributed by atoms with Crippen molar-refractivity contribution in [3.8, 4) is 0 Å². The molecule has 6 heteroatoms. The summed E-state index contributed by atoms with van der Waals surface area (Å²) < 4.78 is 5.30. The van der Waals surface area contributed by atoms with Gasteiger partial charge in [-0.25, -0.2) is 4.79 Å². The molecule has 134 valence electrons. The summed E-state index contributed by atoms with van der Waals surface area (Å²) in [6, 6.07) is 7.27. The highest BCUT2D eigenvalue weighted by atomic mass is 16.6. The van der Waals surface area contributed by atoms with Crippen molar-refractivity contribution in [3.05, 3.63) is 36.4 Å². The molecule has 1 aliphatic carbocycles. The Bertz CT molecular complexity index is 693. The monoisotopic (exact) mass is 343 g/mol. The molecular formula is C19H25N3O3.